The van der Waals surface area contributed by atoms with E-state index in [2.05, 4.69) is 15.0 Å². The molecule has 0 aliphatic heterocycles. The maximum atomic E-state index is 13.0. The first-order valence-electron chi connectivity index (χ1n) is 8.52. The second-order valence-electron chi connectivity index (χ2n) is 6.01. The Kier molecular flexibility index (Phi) is 6.05. The van der Waals surface area contributed by atoms with Crippen molar-refractivity contribution >= 4 is 11.7 Å². The molecule has 1 heterocycles. The number of carbonyl (C=O) groups is 1. The zero-order chi connectivity index (χ0) is 21.7. The van der Waals surface area contributed by atoms with Crippen LogP contribution in [0.1, 0.15) is 15.9 Å². The van der Waals surface area contributed by atoms with Gasteiger partial charge in [-0.05, 0) is 54.1 Å². The van der Waals surface area contributed by atoms with Crippen LogP contribution >= 0.6 is 0 Å². The van der Waals surface area contributed by atoms with Crippen LogP contribution in [-0.2, 0) is 6.54 Å². The minimum atomic E-state index is -4.76. The minimum Gasteiger partial charge on any atom is -0.457 e. The number of anilines is 1. The topological polar surface area (TPSA) is 86.5 Å². The van der Waals surface area contributed by atoms with Crippen LogP contribution in [0.4, 0.5) is 23.4 Å². The first-order chi connectivity index (χ1) is 14.2. The molecule has 3 rings (SSSR count). The first kappa shape index (κ1) is 20.9. The van der Waals surface area contributed by atoms with Crippen molar-refractivity contribution in [3.05, 3.63) is 77.7 Å². The Hall–Kier alpha value is -3.82. The number of alkyl halides is 3. The molecular formula is C20H15F4N3O3. The summed E-state index contributed by atoms with van der Waals surface area (Å²) in [6.45, 7) is 0.180. The summed E-state index contributed by atoms with van der Waals surface area (Å²) in [4.78, 5) is 15.5. The van der Waals surface area contributed by atoms with E-state index in [4.69, 9.17) is 10.5 Å². The van der Waals surface area contributed by atoms with Gasteiger partial charge in [0.15, 0.2) is 0 Å². The number of halogens is 4. The third-order valence-corrected chi connectivity index (χ3v) is 3.80. The number of nitrogen functional groups attached to an aromatic ring is 1. The number of carbonyl (C=O) groups excluding carboxylic acids is 1. The monoisotopic (exact) mass is 421 g/mol. The van der Waals surface area contributed by atoms with E-state index < -0.39 is 18.2 Å². The van der Waals surface area contributed by atoms with Crippen LogP contribution in [0.15, 0.2) is 60.7 Å². The molecule has 0 fully saturated rings. The number of rotatable bonds is 6. The smallest absolute Gasteiger partial charge is 0.457 e. The number of hydrogen-bond donors (Lipinski definition) is 2. The Labute approximate surface area is 168 Å². The number of nitrogens with one attached hydrogen (secondary N) is 1. The van der Waals surface area contributed by atoms with Crippen LogP contribution in [-0.4, -0.2) is 17.3 Å². The molecular weight excluding hydrogens is 406 g/mol. The maximum Gasteiger partial charge on any atom is 0.573 e. The second kappa shape index (κ2) is 8.68. The van der Waals surface area contributed by atoms with Crippen LogP contribution in [0.25, 0.3) is 0 Å². The molecule has 6 nitrogen and oxygen atoms in total. The van der Waals surface area contributed by atoms with E-state index in [0.29, 0.717) is 11.5 Å². The van der Waals surface area contributed by atoms with Crippen molar-refractivity contribution in [2.75, 3.05) is 5.73 Å². The summed E-state index contributed by atoms with van der Waals surface area (Å²) < 4.78 is 58.8. The number of benzene rings is 2. The molecule has 0 saturated heterocycles. The third-order valence-electron chi connectivity index (χ3n) is 3.80. The predicted octanol–water partition coefficient (Wildman–Crippen LogP) is 4.42. The number of hydrogen-bond acceptors (Lipinski definition) is 5. The van der Waals surface area contributed by atoms with E-state index >= 15 is 0 Å². The molecule has 1 amide bonds. The molecule has 0 bridgehead atoms. The van der Waals surface area contributed by atoms with Gasteiger partial charge in [-0.25, -0.2) is 4.98 Å². The minimum absolute atomic E-state index is 0.0642. The van der Waals surface area contributed by atoms with Crippen molar-refractivity contribution < 1.29 is 31.8 Å². The SMILES string of the molecule is Nc1nc(F)ccc1C(=O)NCc1ccc(Oc2ccc(OC(F)(F)F)cc2)cc1. The zero-order valence-electron chi connectivity index (χ0n) is 15.2. The standard InChI is InChI=1S/C20H15F4N3O3/c21-17-10-9-16(18(25)27-17)19(28)26-11-12-1-3-13(4-2-12)29-14-5-7-15(8-6-14)30-20(22,23)24/h1-10H,11H2,(H2,25,27)(H,26,28). The fraction of sp³-hybridized carbons (Fsp3) is 0.100. The normalized spacial score (nSPS) is 11.1. The van der Waals surface area contributed by atoms with Crippen LogP contribution in [0.2, 0.25) is 0 Å². The molecule has 2 aromatic carbocycles. The predicted molar refractivity (Wildman–Crippen MR) is 99.4 cm³/mol. The molecule has 0 atom stereocenters. The van der Waals surface area contributed by atoms with E-state index in [9.17, 15) is 22.4 Å². The lowest BCUT2D eigenvalue weighted by molar-refractivity contribution is -0.274. The molecule has 1 aromatic heterocycles. The lowest BCUT2D eigenvalue weighted by Crippen LogP contribution is -2.24. The van der Waals surface area contributed by atoms with E-state index in [1.54, 1.807) is 24.3 Å². The summed E-state index contributed by atoms with van der Waals surface area (Å²) in [5.41, 5.74) is 6.34. The second-order valence-corrected chi connectivity index (χ2v) is 6.01. The Balaban J connectivity index is 1.55. The molecule has 0 radical (unpaired) electrons. The molecule has 3 N–H and O–H groups in total. The van der Waals surface area contributed by atoms with Crippen molar-refractivity contribution in [1.29, 1.82) is 0 Å². The van der Waals surface area contributed by atoms with Gasteiger partial charge in [0.2, 0.25) is 5.95 Å². The number of nitrogens with two attached hydrogens (primary N) is 1. The Morgan fingerprint density at radius 2 is 1.50 bits per heavy atom. The number of nitrogens with zero attached hydrogens (tertiary/aromatic N) is 1. The van der Waals surface area contributed by atoms with E-state index in [-0.39, 0.29) is 23.7 Å². The molecule has 0 saturated carbocycles. The van der Waals surface area contributed by atoms with E-state index in [1.807, 2.05) is 0 Å². The van der Waals surface area contributed by atoms with Gasteiger partial charge in [-0.1, -0.05) is 12.1 Å². The highest BCUT2D eigenvalue weighted by Gasteiger charge is 2.30. The van der Waals surface area contributed by atoms with Crippen LogP contribution in [0.5, 0.6) is 17.2 Å². The van der Waals surface area contributed by atoms with Gasteiger partial charge < -0.3 is 20.5 Å². The summed E-state index contributed by atoms with van der Waals surface area (Å²) in [6, 6.07) is 13.9. The lowest BCUT2D eigenvalue weighted by atomic mass is 10.2. The number of ether oxygens (including phenoxy) is 2. The van der Waals surface area contributed by atoms with Gasteiger partial charge in [0.25, 0.3) is 5.91 Å². The van der Waals surface area contributed by atoms with Gasteiger partial charge in [-0.3, -0.25) is 4.79 Å². The summed E-state index contributed by atoms with van der Waals surface area (Å²) >= 11 is 0. The van der Waals surface area contributed by atoms with Gasteiger partial charge in [0.1, 0.15) is 23.1 Å². The average Bonchev–Trinajstić information content (AvgIpc) is 2.67. The first-order valence-corrected chi connectivity index (χ1v) is 8.52. The molecule has 3 aromatic rings. The summed E-state index contributed by atoms with van der Waals surface area (Å²) in [5, 5.41) is 2.64. The van der Waals surface area contributed by atoms with E-state index in [0.717, 1.165) is 23.8 Å². The van der Waals surface area contributed by atoms with Crippen molar-refractivity contribution in [2.45, 2.75) is 12.9 Å². The molecule has 10 heteroatoms. The van der Waals surface area contributed by atoms with Gasteiger partial charge in [-0.2, -0.15) is 4.39 Å². The van der Waals surface area contributed by atoms with Crippen molar-refractivity contribution in [3.63, 3.8) is 0 Å². The number of amides is 1. The Morgan fingerprint density at radius 1 is 0.933 bits per heavy atom. The lowest BCUT2D eigenvalue weighted by Gasteiger charge is -2.10. The number of aromatic nitrogens is 1. The van der Waals surface area contributed by atoms with Gasteiger partial charge >= 0.3 is 6.36 Å². The molecule has 0 spiro atoms. The molecule has 0 aliphatic rings. The highest BCUT2D eigenvalue weighted by molar-refractivity contribution is 5.98. The molecule has 0 unspecified atom stereocenters. The largest absolute Gasteiger partial charge is 0.573 e. The molecule has 30 heavy (non-hydrogen) atoms. The van der Waals surface area contributed by atoms with Crippen molar-refractivity contribution in [2.24, 2.45) is 0 Å². The zero-order valence-corrected chi connectivity index (χ0v) is 15.2. The van der Waals surface area contributed by atoms with E-state index in [1.165, 1.54) is 18.2 Å². The summed E-state index contributed by atoms with van der Waals surface area (Å²) in [5.74, 6) is -1.06. The Bertz CT molecular complexity index is 1020. The van der Waals surface area contributed by atoms with Crippen LogP contribution in [0.3, 0.4) is 0 Å². The fourth-order valence-electron chi connectivity index (χ4n) is 2.44. The third kappa shape index (κ3) is 5.84. The summed E-state index contributed by atoms with van der Waals surface area (Å²) in [6.07, 6.45) is -4.76. The van der Waals surface area contributed by atoms with Crippen LogP contribution < -0.4 is 20.5 Å². The van der Waals surface area contributed by atoms with Crippen LogP contribution in [0, 0.1) is 5.95 Å². The maximum absolute atomic E-state index is 13.0. The van der Waals surface area contributed by atoms with Crippen molar-refractivity contribution in [3.8, 4) is 17.2 Å². The van der Waals surface area contributed by atoms with Gasteiger partial charge in [-0.15, -0.1) is 13.2 Å². The molecule has 0 aliphatic carbocycles. The highest BCUT2D eigenvalue weighted by Crippen LogP contribution is 2.27. The Morgan fingerprint density at radius 3 is 2.07 bits per heavy atom. The summed E-state index contributed by atoms with van der Waals surface area (Å²) in [7, 11) is 0. The quantitative estimate of drug-likeness (QED) is 0.455. The van der Waals surface area contributed by atoms with Crippen molar-refractivity contribution in [1.82, 2.24) is 10.3 Å². The fourth-order valence-corrected chi connectivity index (χ4v) is 2.44. The van der Waals surface area contributed by atoms with Gasteiger partial charge in [0, 0.05) is 6.54 Å². The number of pyridine rings is 1. The average molecular weight is 421 g/mol. The van der Waals surface area contributed by atoms with Gasteiger partial charge in [0.05, 0.1) is 5.56 Å². The highest BCUT2D eigenvalue weighted by atomic mass is 19.4. The molecule has 156 valence electrons.